The second kappa shape index (κ2) is 11.4. The molecule has 0 aliphatic heterocycles. The van der Waals surface area contributed by atoms with Crippen LogP contribution in [0.3, 0.4) is 0 Å². The Balaban J connectivity index is 1.65. The molecule has 166 valence electrons. The van der Waals surface area contributed by atoms with Gasteiger partial charge in [-0.05, 0) is 44.7 Å². The molecular weight excluding hydrogens is 404 g/mol. The first-order valence-corrected chi connectivity index (χ1v) is 12.4. The van der Waals surface area contributed by atoms with Gasteiger partial charge in [-0.3, -0.25) is 9.59 Å². The Morgan fingerprint density at radius 2 is 1.65 bits per heavy atom. The van der Waals surface area contributed by atoms with Crippen molar-refractivity contribution < 1.29 is 9.59 Å². The highest BCUT2D eigenvalue weighted by Crippen LogP contribution is 2.20. The molecule has 31 heavy (non-hydrogen) atoms. The molecule has 1 N–H and O–H groups in total. The molecule has 0 saturated heterocycles. The van der Waals surface area contributed by atoms with Crippen LogP contribution in [0.1, 0.15) is 54.9 Å². The number of carbonyl (C=O) groups is 2. The van der Waals surface area contributed by atoms with Gasteiger partial charge in [0.05, 0.1) is 5.75 Å². The number of nitrogens with zero attached hydrogens (tertiary/aromatic N) is 1. The predicted molar refractivity (Wildman–Crippen MR) is 129 cm³/mol. The number of hydrogen-bond acceptors (Lipinski definition) is 3. The van der Waals surface area contributed by atoms with E-state index in [0.29, 0.717) is 12.3 Å². The molecule has 4 nitrogen and oxygen atoms in total. The summed E-state index contributed by atoms with van der Waals surface area (Å²) in [5.74, 6) is 1.11. The van der Waals surface area contributed by atoms with Crippen LogP contribution in [0.2, 0.25) is 0 Å². The highest BCUT2D eigenvalue weighted by molar-refractivity contribution is 7.99. The molecular formula is C26H34N2O2S. The first-order chi connectivity index (χ1) is 14.9. The van der Waals surface area contributed by atoms with E-state index in [-0.39, 0.29) is 17.9 Å². The zero-order valence-corrected chi connectivity index (χ0v) is 19.7. The molecule has 2 aromatic carbocycles. The van der Waals surface area contributed by atoms with Crippen LogP contribution in [0.25, 0.3) is 0 Å². The number of amides is 2. The van der Waals surface area contributed by atoms with E-state index in [1.807, 2.05) is 38.1 Å². The molecule has 0 bridgehead atoms. The Morgan fingerprint density at radius 1 is 1.03 bits per heavy atom. The summed E-state index contributed by atoms with van der Waals surface area (Å²) in [6, 6.07) is 16.3. The van der Waals surface area contributed by atoms with E-state index in [1.165, 1.54) is 24.0 Å². The number of aryl methyl sites for hydroxylation is 2. The lowest BCUT2D eigenvalue weighted by Crippen LogP contribution is -2.50. The van der Waals surface area contributed by atoms with Crippen molar-refractivity contribution in [2.24, 2.45) is 0 Å². The van der Waals surface area contributed by atoms with Gasteiger partial charge in [0.25, 0.3) is 0 Å². The van der Waals surface area contributed by atoms with E-state index >= 15 is 0 Å². The molecule has 2 aromatic rings. The van der Waals surface area contributed by atoms with Crippen LogP contribution in [0.4, 0.5) is 0 Å². The van der Waals surface area contributed by atoms with E-state index in [1.54, 1.807) is 16.7 Å². The molecule has 3 rings (SSSR count). The minimum Gasteiger partial charge on any atom is -0.352 e. The molecule has 2 amide bonds. The minimum atomic E-state index is -0.492. The van der Waals surface area contributed by atoms with E-state index < -0.39 is 6.04 Å². The van der Waals surface area contributed by atoms with Crippen LogP contribution in [0.15, 0.2) is 48.5 Å². The smallest absolute Gasteiger partial charge is 0.242 e. The number of thioether (sulfide) groups is 1. The average Bonchev–Trinajstić information content (AvgIpc) is 3.24. The highest BCUT2D eigenvalue weighted by atomic mass is 32.2. The molecule has 0 radical (unpaired) electrons. The van der Waals surface area contributed by atoms with Crippen molar-refractivity contribution in [2.75, 3.05) is 5.75 Å². The third kappa shape index (κ3) is 7.13. The van der Waals surface area contributed by atoms with Gasteiger partial charge < -0.3 is 10.2 Å². The van der Waals surface area contributed by atoms with Crippen molar-refractivity contribution in [3.8, 4) is 0 Å². The van der Waals surface area contributed by atoms with Gasteiger partial charge in [-0.15, -0.1) is 11.8 Å². The van der Waals surface area contributed by atoms with Crippen molar-refractivity contribution in [3.63, 3.8) is 0 Å². The Kier molecular flexibility index (Phi) is 8.59. The first-order valence-electron chi connectivity index (χ1n) is 11.2. The fourth-order valence-corrected chi connectivity index (χ4v) is 4.98. The molecule has 0 heterocycles. The summed E-state index contributed by atoms with van der Waals surface area (Å²) in [6.07, 6.45) is 4.41. The summed E-state index contributed by atoms with van der Waals surface area (Å²) in [7, 11) is 0. The van der Waals surface area contributed by atoms with E-state index in [2.05, 4.69) is 36.5 Å². The van der Waals surface area contributed by atoms with E-state index in [9.17, 15) is 9.59 Å². The highest BCUT2D eigenvalue weighted by Gasteiger charge is 2.28. The lowest BCUT2D eigenvalue weighted by atomic mass is 10.1. The van der Waals surface area contributed by atoms with Crippen molar-refractivity contribution in [1.82, 2.24) is 10.2 Å². The van der Waals surface area contributed by atoms with Crippen LogP contribution in [0, 0.1) is 13.8 Å². The summed E-state index contributed by atoms with van der Waals surface area (Å²) in [5, 5.41) is 3.16. The maximum atomic E-state index is 13.2. The van der Waals surface area contributed by atoms with Gasteiger partial charge in [-0.2, -0.15) is 0 Å². The lowest BCUT2D eigenvalue weighted by Gasteiger charge is -2.30. The summed E-state index contributed by atoms with van der Waals surface area (Å²) < 4.78 is 0. The monoisotopic (exact) mass is 438 g/mol. The molecule has 1 aliphatic rings. The van der Waals surface area contributed by atoms with Gasteiger partial charge in [0.1, 0.15) is 6.04 Å². The molecule has 1 aliphatic carbocycles. The van der Waals surface area contributed by atoms with E-state index in [0.717, 1.165) is 29.7 Å². The fourth-order valence-electron chi connectivity index (χ4n) is 4.12. The number of nitrogens with one attached hydrogen (secondary N) is 1. The Hall–Kier alpha value is -2.27. The first kappa shape index (κ1) is 23.4. The maximum Gasteiger partial charge on any atom is 0.242 e. The summed E-state index contributed by atoms with van der Waals surface area (Å²) in [4.78, 5) is 27.9. The third-order valence-corrected chi connectivity index (χ3v) is 6.87. The van der Waals surface area contributed by atoms with E-state index in [4.69, 9.17) is 0 Å². The van der Waals surface area contributed by atoms with Gasteiger partial charge in [-0.1, -0.05) is 72.5 Å². The molecule has 5 heteroatoms. The Labute approximate surface area is 190 Å². The molecule has 0 unspecified atom stereocenters. The van der Waals surface area contributed by atoms with Gasteiger partial charge in [0, 0.05) is 18.3 Å². The molecule has 1 fully saturated rings. The number of carbonyl (C=O) groups excluding carboxylic acids is 2. The van der Waals surface area contributed by atoms with Crippen LogP contribution in [0.5, 0.6) is 0 Å². The summed E-state index contributed by atoms with van der Waals surface area (Å²) in [6.45, 7) is 6.42. The van der Waals surface area contributed by atoms with Gasteiger partial charge in [0.15, 0.2) is 0 Å². The van der Waals surface area contributed by atoms with Crippen LogP contribution in [-0.4, -0.2) is 34.6 Å². The SMILES string of the molecule is Cc1cccc(CSCC(=O)N(Cc2cccc(C)c2)[C@@H](C)C(=O)NC2CCCC2)c1. The molecule has 0 aromatic heterocycles. The zero-order valence-electron chi connectivity index (χ0n) is 18.9. The van der Waals surface area contributed by atoms with Gasteiger partial charge >= 0.3 is 0 Å². The summed E-state index contributed by atoms with van der Waals surface area (Å²) >= 11 is 1.60. The Morgan fingerprint density at radius 3 is 2.29 bits per heavy atom. The van der Waals surface area contributed by atoms with Crippen LogP contribution >= 0.6 is 11.8 Å². The predicted octanol–water partition coefficient (Wildman–Crippen LogP) is 5.01. The molecule has 0 spiro atoms. The summed E-state index contributed by atoms with van der Waals surface area (Å²) in [5.41, 5.74) is 4.65. The van der Waals surface area contributed by atoms with Crippen molar-refractivity contribution in [1.29, 1.82) is 0 Å². The van der Waals surface area contributed by atoms with Crippen LogP contribution < -0.4 is 5.32 Å². The van der Waals surface area contributed by atoms with Crippen LogP contribution in [-0.2, 0) is 21.9 Å². The maximum absolute atomic E-state index is 13.2. The second-order valence-electron chi connectivity index (χ2n) is 8.66. The topological polar surface area (TPSA) is 49.4 Å². The van der Waals surface area contributed by atoms with Gasteiger partial charge in [-0.25, -0.2) is 0 Å². The number of benzene rings is 2. The molecule has 1 atom stereocenters. The minimum absolute atomic E-state index is 0.00762. The quantitative estimate of drug-likeness (QED) is 0.598. The second-order valence-corrected chi connectivity index (χ2v) is 9.64. The average molecular weight is 439 g/mol. The lowest BCUT2D eigenvalue weighted by molar-refractivity contribution is -0.138. The van der Waals surface area contributed by atoms with Gasteiger partial charge in [0.2, 0.25) is 11.8 Å². The molecule has 1 saturated carbocycles. The zero-order chi connectivity index (χ0) is 22.2. The van der Waals surface area contributed by atoms with Crippen molar-refractivity contribution in [2.45, 2.75) is 70.8 Å². The number of rotatable bonds is 9. The third-order valence-electron chi connectivity index (χ3n) is 5.88. The normalized spacial score (nSPS) is 14.9. The fraction of sp³-hybridized carbons (Fsp3) is 0.462. The van der Waals surface area contributed by atoms with Crippen molar-refractivity contribution in [3.05, 3.63) is 70.8 Å². The van der Waals surface area contributed by atoms with Crippen molar-refractivity contribution >= 4 is 23.6 Å². The Bertz CT molecular complexity index is 892. The standard InChI is InChI=1S/C26H34N2O2S/c1-19-8-6-10-22(14-19)16-28(21(3)26(30)27-24-12-4-5-13-24)25(29)18-31-17-23-11-7-9-20(2)15-23/h6-11,14-15,21,24H,4-5,12-13,16-18H2,1-3H3,(H,27,30)/t21-/m0/s1. The number of hydrogen-bond donors (Lipinski definition) is 1. The largest absolute Gasteiger partial charge is 0.352 e.